The van der Waals surface area contributed by atoms with E-state index in [9.17, 15) is 9.18 Å². The summed E-state index contributed by atoms with van der Waals surface area (Å²) in [5.74, 6) is 0.924. The quantitative estimate of drug-likeness (QED) is 0.466. The van der Waals surface area contributed by atoms with Gasteiger partial charge in [0, 0.05) is 62.3 Å². The highest BCUT2D eigenvalue weighted by molar-refractivity contribution is 5.91. The number of nitrogens with zero attached hydrogens (tertiary/aromatic N) is 4. The Morgan fingerprint density at radius 3 is 2.32 bits per heavy atom. The minimum absolute atomic E-state index is 0.000748. The maximum absolute atomic E-state index is 13.5. The highest BCUT2D eigenvalue weighted by atomic mass is 19.1. The van der Waals surface area contributed by atoms with Crippen LogP contribution in [0.4, 0.5) is 33.1 Å². The van der Waals surface area contributed by atoms with Gasteiger partial charge in [0.25, 0.3) is 0 Å². The molecule has 1 aliphatic rings. The second kappa shape index (κ2) is 11.0. The predicted octanol–water partition coefficient (Wildman–Crippen LogP) is 3.99. The van der Waals surface area contributed by atoms with Crippen molar-refractivity contribution in [1.29, 1.82) is 0 Å². The van der Waals surface area contributed by atoms with Crippen molar-refractivity contribution < 1.29 is 9.18 Å². The van der Waals surface area contributed by atoms with Crippen LogP contribution in [-0.2, 0) is 4.79 Å². The SMILES string of the molecule is Cc1cc(Nc2cc(Nc3cccc(NC(=O)CCN4CCN(C)CC4)c3)ncn2)ccc1F. The maximum Gasteiger partial charge on any atom is 0.225 e. The van der Waals surface area contributed by atoms with Gasteiger partial charge < -0.3 is 25.8 Å². The smallest absolute Gasteiger partial charge is 0.225 e. The molecule has 8 nitrogen and oxygen atoms in total. The van der Waals surface area contributed by atoms with Crippen LogP contribution in [0.5, 0.6) is 0 Å². The summed E-state index contributed by atoms with van der Waals surface area (Å²) in [5, 5.41) is 9.37. The number of aromatic nitrogens is 2. The number of rotatable bonds is 8. The van der Waals surface area contributed by atoms with E-state index >= 15 is 0 Å². The molecule has 178 valence electrons. The summed E-state index contributed by atoms with van der Waals surface area (Å²) < 4.78 is 13.5. The van der Waals surface area contributed by atoms with Crippen LogP contribution in [0.3, 0.4) is 0 Å². The number of carbonyl (C=O) groups is 1. The topological polar surface area (TPSA) is 85.4 Å². The predicted molar refractivity (Wildman–Crippen MR) is 133 cm³/mol. The third-order valence-corrected chi connectivity index (χ3v) is 5.77. The number of halogens is 1. The van der Waals surface area contributed by atoms with Crippen molar-refractivity contribution in [2.45, 2.75) is 13.3 Å². The van der Waals surface area contributed by atoms with E-state index in [4.69, 9.17) is 0 Å². The third-order valence-electron chi connectivity index (χ3n) is 5.77. The van der Waals surface area contributed by atoms with Gasteiger partial charge in [0.15, 0.2) is 0 Å². The molecule has 2 heterocycles. The molecular formula is C25H30FN7O. The van der Waals surface area contributed by atoms with Crippen LogP contribution in [0.2, 0.25) is 0 Å². The number of likely N-dealkylation sites (N-methyl/N-ethyl adjacent to an activating group) is 1. The summed E-state index contributed by atoms with van der Waals surface area (Å²) in [6.07, 6.45) is 1.91. The van der Waals surface area contributed by atoms with E-state index in [1.165, 1.54) is 12.4 Å². The molecule has 9 heteroatoms. The first kappa shape index (κ1) is 23.6. The lowest BCUT2D eigenvalue weighted by Gasteiger charge is -2.32. The van der Waals surface area contributed by atoms with Gasteiger partial charge in [-0.05, 0) is 55.9 Å². The fourth-order valence-corrected chi connectivity index (χ4v) is 3.74. The number of benzene rings is 2. The van der Waals surface area contributed by atoms with Gasteiger partial charge in [-0.2, -0.15) is 0 Å². The Bertz CT molecular complexity index is 1130. The van der Waals surface area contributed by atoms with Crippen molar-refractivity contribution in [3.05, 3.63) is 66.2 Å². The van der Waals surface area contributed by atoms with Gasteiger partial charge in [-0.15, -0.1) is 0 Å². The van der Waals surface area contributed by atoms with Crippen molar-refractivity contribution in [2.75, 3.05) is 55.7 Å². The van der Waals surface area contributed by atoms with Crippen LogP contribution in [-0.4, -0.2) is 65.4 Å². The molecule has 0 saturated carbocycles. The van der Waals surface area contributed by atoms with E-state index < -0.39 is 0 Å². The zero-order chi connectivity index (χ0) is 23.9. The largest absolute Gasteiger partial charge is 0.340 e. The molecule has 0 atom stereocenters. The Labute approximate surface area is 199 Å². The summed E-state index contributed by atoms with van der Waals surface area (Å²) in [4.78, 5) is 25.6. The van der Waals surface area contributed by atoms with Crippen LogP contribution in [0.15, 0.2) is 54.9 Å². The molecule has 1 aromatic heterocycles. The average molecular weight is 464 g/mol. The summed E-state index contributed by atoms with van der Waals surface area (Å²) in [7, 11) is 2.12. The lowest BCUT2D eigenvalue weighted by atomic mass is 10.2. The summed E-state index contributed by atoms with van der Waals surface area (Å²) in [5.41, 5.74) is 2.81. The minimum atomic E-state index is -0.248. The van der Waals surface area contributed by atoms with Crippen molar-refractivity contribution in [2.24, 2.45) is 0 Å². The average Bonchev–Trinajstić information content (AvgIpc) is 2.82. The summed E-state index contributed by atoms with van der Waals surface area (Å²) in [6.45, 7) is 6.56. The number of nitrogens with one attached hydrogen (secondary N) is 3. The first-order chi connectivity index (χ1) is 16.4. The minimum Gasteiger partial charge on any atom is -0.340 e. The molecule has 0 unspecified atom stereocenters. The van der Waals surface area contributed by atoms with E-state index in [0.717, 1.165) is 49.8 Å². The number of carbonyl (C=O) groups excluding carboxylic acids is 1. The molecule has 1 saturated heterocycles. The molecule has 0 radical (unpaired) electrons. The normalized spacial score (nSPS) is 14.6. The molecule has 4 rings (SSSR count). The molecule has 0 bridgehead atoms. The molecule has 0 spiro atoms. The lowest BCUT2D eigenvalue weighted by molar-refractivity contribution is -0.116. The standard InChI is InChI=1S/C25H30FN7O/c1-18-14-21(6-7-22(18)26)30-24-16-23(27-17-28-24)29-19-4-3-5-20(15-19)31-25(34)8-9-33-12-10-32(2)11-13-33/h3-7,14-17H,8-13H2,1-2H3,(H,31,34)(H2,27,28,29,30). The molecule has 1 amide bonds. The number of hydrogen-bond acceptors (Lipinski definition) is 7. The summed E-state index contributed by atoms with van der Waals surface area (Å²) in [6, 6.07) is 14.1. The van der Waals surface area contributed by atoms with Crippen LogP contribution < -0.4 is 16.0 Å². The molecule has 3 aromatic rings. The second-order valence-electron chi connectivity index (χ2n) is 8.53. The summed E-state index contributed by atoms with van der Waals surface area (Å²) >= 11 is 0. The Balaban J connectivity index is 1.32. The van der Waals surface area contributed by atoms with Gasteiger partial charge in [-0.1, -0.05) is 6.07 Å². The van der Waals surface area contributed by atoms with Gasteiger partial charge in [0.2, 0.25) is 5.91 Å². The van der Waals surface area contributed by atoms with Gasteiger partial charge >= 0.3 is 0 Å². The van der Waals surface area contributed by atoms with Gasteiger partial charge in [-0.3, -0.25) is 4.79 Å². The van der Waals surface area contributed by atoms with E-state index in [1.807, 2.05) is 24.3 Å². The number of aryl methyl sites for hydroxylation is 1. The second-order valence-corrected chi connectivity index (χ2v) is 8.53. The molecule has 3 N–H and O–H groups in total. The van der Waals surface area contributed by atoms with Gasteiger partial charge in [-0.25, -0.2) is 14.4 Å². The molecule has 0 aliphatic carbocycles. The first-order valence-electron chi connectivity index (χ1n) is 11.4. The molecule has 1 fully saturated rings. The Kier molecular flexibility index (Phi) is 7.66. The lowest BCUT2D eigenvalue weighted by Crippen LogP contribution is -2.45. The first-order valence-corrected chi connectivity index (χ1v) is 11.4. The van der Waals surface area contributed by atoms with Crippen molar-refractivity contribution in [1.82, 2.24) is 19.8 Å². The molecule has 1 aliphatic heterocycles. The Morgan fingerprint density at radius 1 is 0.941 bits per heavy atom. The van der Waals surface area contributed by atoms with Crippen LogP contribution >= 0.6 is 0 Å². The van der Waals surface area contributed by atoms with E-state index in [1.54, 1.807) is 25.1 Å². The third kappa shape index (κ3) is 6.72. The fraction of sp³-hybridized carbons (Fsp3) is 0.320. The monoisotopic (exact) mass is 463 g/mol. The van der Waals surface area contributed by atoms with Gasteiger partial charge in [0.05, 0.1) is 0 Å². The Morgan fingerprint density at radius 2 is 1.62 bits per heavy atom. The van der Waals surface area contributed by atoms with Crippen LogP contribution in [0.1, 0.15) is 12.0 Å². The van der Waals surface area contributed by atoms with E-state index in [-0.39, 0.29) is 11.7 Å². The number of hydrogen-bond donors (Lipinski definition) is 3. The van der Waals surface area contributed by atoms with E-state index in [2.05, 4.69) is 42.8 Å². The van der Waals surface area contributed by atoms with Crippen LogP contribution in [0.25, 0.3) is 0 Å². The molecule has 34 heavy (non-hydrogen) atoms. The van der Waals surface area contributed by atoms with E-state index in [0.29, 0.717) is 23.6 Å². The highest BCUT2D eigenvalue weighted by Crippen LogP contribution is 2.22. The molecular weight excluding hydrogens is 433 g/mol. The number of amides is 1. The zero-order valence-electron chi connectivity index (χ0n) is 19.5. The Hall–Kier alpha value is -3.56. The van der Waals surface area contributed by atoms with Crippen molar-refractivity contribution in [3.8, 4) is 0 Å². The van der Waals surface area contributed by atoms with Crippen molar-refractivity contribution >= 4 is 34.6 Å². The molecule has 2 aromatic carbocycles. The van der Waals surface area contributed by atoms with Crippen LogP contribution in [0, 0.1) is 12.7 Å². The number of anilines is 5. The highest BCUT2D eigenvalue weighted by Gasteiger charge is 2.14. The van der Waals surface area contributed by atoms with Gasteiger partial charge in [0.1, 0.15) is 23.8 Å². The fourth-order valence-electron chi connectivity index (χ4n) is 3.74. The van der Waals surface area contributed by atoms with Crippen molar-refractivity contribution in [3.63, 3.8) is 0 Å². The number of piperazine rings is 1. The maximum atomic E-state index is 13.5. The zero-order valence-corrected chi connectivity index (χ0v) is 19.5.